The van der Waals surface area contributed by atoms with Crippen LogP contribution in [0.5, 0.6) is 0 Å². The van der Waals surface area contributed by atoms with E-state index in [1.54, 1.807) is 13.8 Å². The molecule has 1 atom stereocenters. The zero-order chi connectivity index (χ0) is 22.0. The monoisotopic (exact) mass is 414 g/mol. The lowest BCUT2D eigenvalue weighted by molar-refractivity contribution is -0.189. The summed E-state index contributed by atoms with van der Waals surface area (Å²) in [6.07, 6.45) is -5.24. The summed E-state index contributed by atoms with van der Waals surface area (Å²) in [6, 6.07) is 3.40. The third kappa shape index (κ3) is 2.96. The summed E-state index contributed by atoms with van der Waals surface area (Å²) in [7, 11) is 1.45. The Labute approximate surface area is 165 Å². The van der Waals surface area contributed by atoms with Gasteiger partial charge in [0.15, 0.2) is 5.96 Å². The van der Waals surface area contributed by atoms with Crippen LogP contribution in [-0.2, 0) is 15.1 Å². The van der Waals surface area contributed by atoms with Crippen molar-refractivity contribution in [1.29, 1.82) is 0 Å². The van der Waals surface area contributed by atoms with Crippen molar-refractivity contribution in [2.75, 3.05) is 12.4 Å². The summed E-state index contributed by atoms with van der Waals surface area (Å²) in [4.78, 5) is 30.4. The maximum atomic E-state index is 14.7. The van der Waals surface area contributed by atoms with Crippen molar-refractivity contribution in [2.24, 2.45) is 21.6 Å². The molecule has 1 heterocycles. The number of aliphatic imine (C=N–C) groups is 1. The first kappa shape index (κ1) is 21.1. The number of halogens is 4. The highest BCUT2D eigenvalue weighted by Crippen LogP contribution is 2.58. The molecular weight excluding hydrogens is 392 g/mol. The summed E-state index contributed by atoms with van der Waals surface area (Å²) in [6.45, 7) is 4.68. The molecule has 1 fully saturated rings. The predicted molar refractivity (Wildman–Crippen MR) is 98.3 cm³/mol. The Hall–Kier alpha value is -2.65. The number of benzene rings is 1. The van der Waals surface area contributed by atoms with E-state index in [1.807, 2.05) is 0 Å². The van der Waals surface area contributed by atoms with E-state index in [9.17, 15) is 27.2 Å². The third-order valence-electron chi connectivity index (χ3n) is 6.21. The number of hydrogen-bond acceptors (Lipinski definition) is 4. The normalized spacial score (nSPS) is 25.4. The second-order valence-electron chi connectivity index (χ2n) is 8.26. The Kier molecular flexibility index (Phi) is 4.48. The number of guanidine groups is 1. The molecule has 1 aliphatic carbocycles. The van der Waals surface area contributed by atoms with Crippen molar-refractivity contribution in [1.82, 2.24) is 4.90 Å². The molecule has 1 aromatic rings. The lowest BCUT2D eigenvalue weighted by atomic mass is 9.67. The SMILES string of the molecule is CN1C(=O)C(C)(C)[C@@](C)(c2cc(NC(=O)C3(C(F)(F)F)CC3)ccc2F)N=C1N. The van der Waals surface area contributed by atoms with E-state index in [0.717, 1.165) is 11.0 Å². The molecule has 0 bridgehead atoms. The van der Waals surface area contributed by atoms with E-state index in [4.69, 9.17) is 5.73 Å². The highest BCUT2D eigenvalue weighted by atomic mass is 19.4. The first-order valence-corrected chi connectivity index (χ1v) is 8.99. The molecule has 3 N–H and O–H groups in total. The molecule has 158 valence electrons. The minimum Gasteiger partial charge on any atom is -0.369 e. The van der Waals surface area contributed by atoms with Gasteiger partial charge < -0.3 is 11.1 Å². The number of amides is 2. The number of nitrogens with one attached hydrogen (secondary N) is 1. The van der Waals surface area contributed by atoms with E-state index < -0.39 is 40.2 Å². The van der Waals surface area contributed by atoms with Gasteiger partial charge in [-0.2, -0.15) is 13.2 Å². The average Bonchev–Trinajstić information content (AvgIpc) is 3.42. The molecule has 0 aromatic heterocycles. The second-order valence-corrected chi connectivity index (χ2v) is 8.26. The summed E-state index contributed by atoms with van der Waals surface area (Å²) >= 11 is 0. The van der Waals surface area contributed by atoms with Gasteiger partial charge in [-0.25, -0.2) is 9.38 Å². The number of anilines is 1. The third-order valence-corrected chi connectivity index (χ3v) is 6.21. The number of alkyl halides is 3. The number of hydrogen-bond donors (Lipinski definition) is 2. The molecule has 3 rings (SSSR count). The van der Waals surface area contributed by atoms with Crippen molar-refractivity contribution in [3.63, 3.8) is 0 Å². The molecule has 1 saturated carbocycles. The second kappa shape index (κ2) is 6.17. The summed E-state index contributed by atoms with van der Waals surface area (Å²) in [5.41, 5.74) is 0.700. The van der Waals surface area contributed by atoms with Gasteiger partial charge in [0.1, 0.15) is 16.8 Å². The number of rotatable bonds is 3. The molecule has 1 aromatic carbocycles. The van der Waals surface area contributed by atoms with Crippen molar-refractivity contribution in [3.8, 4) is 0 Å². The van der Waals surface area contributed by atoms with Crippen molar-refractivity contribution in [3.05, 3.63) is 29.6 Å². The maximum Gasteiger partial charge on any atom is 0.403 e. The molecule has 0 saturated heterocycles. The zero-order valence-electron chi connectivity index (χ0n) is 16.4. The fourth-order valence-electron chi connectivity index (χ4n) is 3.56. The van der Waals surface area contributed by atoms with Gasteiger partial charge in [-0.15, -0.1) is 0 Å². The Bertz CT molecular complexity index is 921. The first-order chi connectivity index (χ1) is 13.2. The Balaban J connectivity index is 2.02. The summed E-state index contributed by atoms with van der Waals surface area (Å²) in [5.74, 6) is -2.41. The van der Waals surface area contributed by atoms with E-state index in [2.05, 4.69) is 10.3 Å². The smallest absolute Gasteiger partial charge is 0.369 e. The van der Waals surface area contributed by atoms with Crippen LogP contribution >= 0.6 is 0 Å². The molecule has 10 heteroatoms. The lowest BCUT2D eigenvalue weighted by Gasteiger charge is -2.46. The molecule has 1 aliphatic heterocycles. The zero-order valence-corrected chi connectivity index (χ0v) is 16.4. The van der Waals surface area contributed by atoms with Gasteiger partial charge in [0, 0.05) is 18.3 Å². The minimum absolute atomic E-state index is 0.0147. The minimum atomic E-state index is -4.66. The van der Waals surface area contributed by atoms with Crippen LogP contribution in [0.15, 0.2) is 23.2 Å². The molecule has 6 nitrogen and oxygen atoms in total. The van der Waals surface area contributed by atoms with Crippen LogP contribution in [0, 0.1) is 16.6 Å². The van der Waals surface area contributed by atoms with Crippen LogP contribution in [0.4, 0.5) is 23.2 Å². The van der Waals surface area contributed by atoms with Gasteiger partial charge in [0.2, 0.25) is 11.8 Å². The van der Waals surface area contributed by atoms with Gasteiger partial charge in [0.05, 0.1) is 5.41 Å². The average molecular weight is 414 g/mol. The topological polar surface area (TPSA) is 87.8 Å². The Morgan fingerprint density at radius 1 is 1.24 bits per heavy atom. The number of nitrogens with zero attached hydrogens (tertiary/aromatic N) is 2. The van der Waals surface area contributed by atoms with Crippen molar-refractivity contribution < 1.29 is 27.2 Å². The fourth-order valence-corrected chi connectivity index (χ4v) is 3.56. The van der Waals surface area contributed by atoms with E-state index in [1.165, 1.54) is 26.1 Å². The molecule has 0 radical (unpaired) electrons. The molecule has 29 heavy (non-hydrogen) atoms. The molecule has 0 unspecified atom stereocenters. The van der Waals surface area contributed by atoms with Crippen LogP contribution in [0.25, 0.3) is 0 Å². The Morgan fingerprint density at radius 2 is 1.83 bits per heavy atom. The van der Waals surface area contributed by atoms with Gasteiger partial charge in [-0.05, 0) is 51.8 Å². The van der Waals surface area contributed by atoms with Gasteiger partial charge in [0.25, 0.3) is 0 Å². The molecular formula is C19H22F4N4O2. The first-order valence-electron chi connectivity index (χ1n) is 8.99. The standard InChI is InChI=1S/C19H22F4N4O2/c1-16(2)14(29)27(4)15(24)26-17(16,3)11-9-10(5-6-12(11)20)25-13(28)18(7-8-18)19(21,22)23/h5-6,9H,7-8H2,1-4H3,(H2,24,26)(H,25,28)/t17-/m1/s1. The molecule has 2 amide bonds. The summed E-state index contributed by atoms with van der Waals surface area (Å²) in [5, 5.41) is 2.23. The fraction of sp³-hybridized carbons (Fsp3) is 0.526. The highest BCUT2D eigenvalue weighted by Gasteiger charge is 2.68. The summed E-state index contributed by atoms with van der Waals surface area (Å²) < 4.78 is 54.3. The van der Waals surface area contributed by atoms with Crippen LogP contribution in [0.3, 0.4) is 0 Å². The number of carbonyl (C=O) groups is 2. The highest BCUT2D eigenvalue weighted by molar-refractivity contribution is 6.02. The van der Waals surface area contributed by atoms with Crippen LogP contribution in [-0.4, -0.2) is 35.9 Å². The quantitative estimate of drug-likeness (QED) is 0.745. The van der Waals surface area contributed by atoms with Crippen LogP contribution in [0.1, 0.15) is 39.2 Å². The largest absolute Gasteiger partial charge is 0.403 e. The Morgan fingerprint density at radius 3 is 2.34 bits per heavy atom. The van der Waals surface area contributed by atoms with Crippen LogP contribution < -0.4 is 11.1 Å². The van der Waals surface area contributed by atoms with E-state index in [0.29, 0.717) is 0 Å². The maximum absolute atomic E-state index is 14.7. The molecule has 0 spiro atoms. The lowest BCUT2D eigenvalue weighted by Crippen LogP contribution is -2.58. The van der Waals surface area contributed by atoms with E-state index in [-0.39, 0.29) is 30.1 Å². The molecule has 2 aliphatic rings. The van der Waals surface area contributed by atoms with Gasteiger partial charge >= 0.3 is 6.18 Å². The predicted octanol–water partition coefficient (Wildman–Crippen LogP) is 3.13. The van der Waals surface area contributed by atoms with Gasteiger partial charge in [-0.1, -0.05) is 0 Å². The van der Waals surface area contributed by atoms with Crippen molar-refractivity contribution >= 4 is 23.5 Å². The van der Waals surface area contributed by atoms with Gasteiger partial charge in [-0.3, -0.25) is 14.5 Å². The van der Waals surface area contributed by atoms with Crippen molar-refractivity contribution in [2.45, 2.75) is 45.3 Å². The number of carbonyl (C=O) groups excluding carboxylic acids is 2. The van der Waals surface area contributed by atoms with E-state index >= 15 is 0 Å². The van der Waals surface area contributed by atoms with Crippen LogP contribution in [0.2, 0.25) is 0 Å². The number of nitrogens with two attached hydrogens (primary N) is 1.